The van der Waals surface area contributed by atoms with Crippen molar-refractivity contribution in [1.82, 2.24) is 4.90 Å². The normalized spacial score (nSPS) is 20.9. The summed E-state index contributed by atoms with van der Waals surface area (Å²) in [5.41, 5.74) is 0.891. The molecule has 0 bridgehead atoms. The van der Waals surface area contributed by atoms with Gasteiger partial charge in [0.15, 0.2) is 11.5 Å². The van der Waals surface area contributed by atoms with E-state index in [1.807, 2.05) is 18.2 Å². The Kier molecular flexibility index (Phi) is 3.60. The van der Waals surface area contributed by atoms with Crippen molar-refractivity contribution < 1.29 is 19.4 Å². The number of nitrogens with zero attached hydrogens (tertiary/aromatic N) is 1. The molecule has 1 amide bonds. The van der Waals surface area contributed by atoms with Crippen molar-refractivity contribution in [2.24, 2.45) is 0 Å². The molecule has 1 atom stereocenters. The number of amides is 1. The summed E-state index contributed by atoms with van der Waals surface area (Å²) in [5, 5.41) is 9.23. The summed E-state index contributed by atoms with van der Waals surface area (Å²) in [4.78, 5) is 13.8. The Hall–Kier alpha value is -2.01. The number of hydrogen-bond donors (Lipinski definition) is 1. The Morgan fingerprint density at radius 2 is 2.25 bits per heavy atom. The molecule has 2 heterocycles. The second-order valence-corrected chi connectivity index (χ2v) is 4.96. The fourth-order valence-electron chi connectivity index (χ4n) is 2.60. The molecule has 0 spiro atoms. The van der Waals surface area contributed by atoms with Gasteiger partial charge in [0.25, 0.3) is 0 Å². The van der Waals surface area contributed by atoms with Crippen molar-refractivity contribution >= 4 is 12.0 Å². The number of carbonyl (C=O) groups excluding carboxylic acids is 1. The largest absolute Gasteiger partial charge is 0.454 e. The number of benzene rings is 1. The molecule has 1 aromatic carbocycles. The number of hydrogen-bond acceptors (Lipinski definition) is 4. The number of aliphatic hydroxyl groups excluding tert-OH is 1. The first-order valence-electron chi connectivity index (χ1n) is 6.77. The molecule has 2 aliphatic rings. The van der Waals surface area contributed by atoms with Crippen LogP contribution in [0.1, 0.15) is 18.4 Å². The molecule has 2 aliphatic heterocycles. The SMILES string of the molecule is O=C(C=Cc1ccc2c(c1)OCO2)N1CCC[C@H]1CO. The number of aliphatic hydroxyl groups is 1. The van der Waals surface area contributed by atoms with Crippen LogP contribution in [0.4, 0.5) is 0 Å². The van der Waals surface area contributed by atoms with Gasteiger partial charge in [-0.2, -0.15) is 0 Å². The predicted molar refractivity (Wildman–Crippen MR) is 73.4 cm³/mol. The number of carbonyl (C=O) groups is 1. The Morgan fingerprint density at radius 3 is 3.10 bits per heavy atom. The van der Waals surface area contributed by atoms with Gasteiger partial charge in [-0.25, -0.2) is 0 Å². The Morgan fingerprint density at radius 1 is 1.40 bits per heavy atom. The van der Waals surface area contributed by atoms with Gasteiger partial charge in [-0.3, -0.25) is 4.79 Å². The lowest BCUT2D eigenvalue weighted by Crippen LogP contribution is -2.36. The molecule has 1 fully saturated rings. The molecule has 5 nitrogen and oxygen atoms in total. The monoisotopic (exact) mass is 275 g/mol. The minimum absolute atomic E-state index is 0.0314. The van der Waals surface area contributed by atoms with Crippen LogP contribution in [0, 0.1) is 0 Å². The molecular weight excluding hydrogens is 258 g/mol. The fourth-order valence-corrected chi connectivity index (χ4v) is 2.60. The van der Waals surface area contributed by atoms with Crippen molar-refractivity contribution in [3.63, 3.8) is 0 Å². The van der Waals surface area contributed by atoms with Gasteiger partial charge in [-0.05, 0) is 36.6 Å². The highest BCUT2D eigenvalue weighted by molar-refractivity contribution is 5.92. The van der Waals surface area contributed by atoms with E-state index in [-0.39, 0.29) is 25.3 Å². The van der Waals surface area contributed by atoms with E-state index >= 15 is 0 Å². The third-order valence-corrected chi connectivity index (χ3v) is 3.69. The molecule has 20 heavy (non-hydrogen) atoms. The molecule has 0 saturated carbocycles. The summed E-state index contributed by atoms with van der Waals surface area (Å²) in [6.45, 7) is 0.993. The Bertz CT molecular complexity index is 541. The molecule has 1 aromatic rings. The van der Waals surface area contributed by atoms with Gasteiger partial charge in [-0.15, -0.1) is 0 Å². The molecule has 0 aliphatic carbocycles. The Labute approximate surface area is 117 Å². The lowest BCUT2D eigenvalue weighted by molar-refractivity contribution is -0.127. The van der Waals surface area contributed by atoms with Gasteiger partial charge >= 0.3 is 0 Å². The van der Waals surface area contributed by atoms with Gasteiger partial charge in [0, 0.05) is 12.6 Å². The molecule has 5 heteroatoms. The fraction of sp³-hybridized carbons (Fsp3) is 0.400. The highest BCUT2D eigenvalue weighted by atomic mass is 16.7. The van der Waals surface area contributed by atoms with Crippen LogP contribution in [0.2, 0.25) is 0 Å². The summed E-state index contributed by atoms with van der Waals surface area (Å²) in [7, 11) is 0. The van der Waals surface area contributed by atoms with E-state index in [1.54, 1.807) is 17.1 Å². The molecule has 1 N–H and O–H groups in total. The van der Waals surface area contributed by atoms with Crippen molar-refractivity contribution in [2.45, 2.75) is 18.9 Å². The van der Waals surface area contributed by atoms with Crippen LogP contribution >= 0.6 is 0 Å². The number of likely N-dealkylation sites (tertiary alicyclic amines) is 1. The zero-order valence-corrected chi connectivity index (χ0v) is 11.1. The highest BCUT2D eigenvalue weighted by Crippen LogP contribution is 2.32. The molecule has 3 rings (SSSR count). The van der Waals surface area contributed by atoms with E-state index in [9.17, 15) is 9.90 Å². The van der Waals surface area contributed by atoms with E-state index in [4.69, 9.17) is 9.47 Å². The van der Waals surface area contributed by atoms with Gasteiger partial charge in [0.1, 0.15) is 0 Å². The number of fused-ring (bicyclic) bond motifs is 1. The average Bonchev–Trinajstić information content (AvgIpc) is 3.12. The van der Waals surface area contributed by atoms with Crippen LogP contribution in [-0.2, 0) is 4.79 Å². The van der Waals surface area contributed by atoms with Crippen LogP contribution in [-0.4, -0.2) is 41.9 Å². The minimum Gasteiger partial charge on any atom is -0.454 e. The van der Waals surface area contributed by atoms with Crippen LogP contribution in [0.3, 0.4) is 0 Å². The summed E-state index contributed by atoms with van der Waals surface area (Å²) in [5.74, 6) is 1.38. The zero-order valence-electron chi connectivity index (χ0n) is 11.1. The molecule has 0 radical (unpaired) electrons. The first-order chi connectivity index (χ1) is 9.78. The number of ether oxygens (including phenoxy) is 2. The molecule has 1 saturated heterocycles. The van der Waals surface area contributed by atoms with E-state index in [1.165, 1.54) is 0 Å². The van der Waals surface area contributed by atoms with Crippen molar-refractivity contribution in [3.05, 3.63) is 29.8 Å². The first kappa shape index (κ1) is 13.0. The van der Waals surface area contributed by atoms with Gasteiger partial charge in [0.05, 0.1) is 12.6 Å². The molecule has 0 aromatic heterocycles. The van der Waals surface area contributed by atoms with E-state index in [0.717, 1.165) is 30.7 Å². The first-order valence-corrected chi connectivity index (χ1v) is 6.77. The summed E-state index contributed by atoms with van der Waals surface area (Å²) >= 11 is 0. The van der Waals surface area contributed by atoms with E-state index in [2.05, 4.69) is 0 Å². The summed E-state index contributed by atoms with van der Waals surface area (Å²) in [6.07, 6.45) is 5.14. The maximum atomic E-state index is 12.1. The summed E-state index contributed by atoms with van der Waals surface area (Å²) in [6, 6.07) is 5.52. The lowest BCUT2D eigenvalue weighted by Gasteiger charge is -2.21. The van der Waals surface area contributed by atoms with Crippen molar-refractivity contribution in [2.75, 3.05) is 19.9 Å². The highest BCUT2D eigenvalue weighted by Gasteiger charge is 2.26. The molecular formula is C15H17NO4. The third kappa shape index (κ3) is 2.49. The predicted octanol–water partition coefficient (Wildman–Crippen LogP) is 1.41. The smallest absolute Gasteiger partial charge is 0.246 e. The van der Waals surface area contributed by atoms with Crippen molar-refractivity contribution in [1.29, 1.82) is 0 Å². The van der Waals surface area contributed by atoms with E-state index < -0.39 is 0 Å². The van der Waals surface area contributed by atoms with E-state index in [0.29, 0.717) is 5.75 Å². The third-order valence-electron chi connectivity index (χ3n) is 3.69. The molecule has 0 unspecified atom stereocenters. The quantitative estimate of drug-likeness (QED) is 0.847. The maximum Gasteiger partial charge on any atom is 0.246 e. The lowest BCUT2D eigenvalue weighted by atomic mass is 10.2. The Balaban J connectivity index is 1.69. The minimum atomic E-state index is -0.0563. The van der Waals surface area contributed by atoms with Gasteiger partial charge < -0.3 is 19.5 Å². The van der Waals surface area contributed by atoms with Crippen LogP contribution in [0.5, 0.6) is 11.5 Å². The second kappa shape index (κ2) is 5.54. The summed E-state index contributed by atoms with van der Waals surface area (Å²) < 4.78 is 10.5. The van der Waals surface area contributed by atoms with Crippen LogP contribution in [0.15, 0.2) is 24.3 Å². The average molecular weight is 275 g/mol. The number of rotatable bonds is 3. The van der Waals surface area contributed by atoms with Gasteiger partial charge in [0.2, 0.25) is 12.7 Å². The van der Waals surface area contributed by atoms with Gasteiger partial charge in [-0.1, -0.05) is 6.07 Å². The van der Waals surface area contributed by atoms with Crippen LogP contribution < -0.4 is 9.47 Å². The van der Waals surface area contributed by atoms with Crippen LogP contribution in [0.25, 0.3) is 6.08 Å². The second-order valence-electron chi connectivity index (χ2n) is 4.96. The zero-order chi connectivity index (χ0) is 13.9. The maximum absolute atomic E-state index is 12.1. The molecule has 106 valence electrons. The topological polar surface area (TPSA) is 59.0 Å². The standard InChI is InChI=1S/C15H17NO4/c17-9-12-2-1-7-16(12)15(18)6-4-11-3-5-13-14(8-11)20-10-19-13/h3-6,8,12,17H,1-2,7,9-10H2/t12-/m0/s1. The van der Waals surface area contributed by atoms with Crippen molar-refractivity contribution in [3.8, 4) is 11.5 Å².